The van der Waals surface area contributed by atoms with E-state index >= 15 is 0 Å². The van der Waals surface area contributed by atoms with Gasteiger partial charge in [0.1, 0.15) is 0 Å². The van der Waals surface area contributed by atoms with Crippen molar-refractivity contribution in [1.29, 1.82) is 0 Å². The lowest BCUT2D eigenvalue weighted by molar-refractivity contribution is -0.195. The van der Waals surface area contributed by atoms with Gasteiger partial charge in [-0.2, -0.15) is 13.2 Å². The molecular formula is C12H9BrF3NO2. The van der Waals surface area contributed by atoms with Crippen molar-refractivity contribution in [1.82, 2.24) is 4.57 Å². The zero-order valence-corrected chi connectivity index (χ0v) is 11.1. The molecule has 0 aliphatic heterocycles. The highest BCUT2D eigenvalue weighted by Crippen LogP contribution is 2.31. The molecule has 2 aromatic rings. The van der Waals surface area contributed by atoms with Crippen LogP contribution in [0.25, 0.3) is 10.9 Å². The van der Waals surface area contributed by atoms with E-state index in [2.05, 4.69) is 15.9 Å². The van der Waals surface area contributed by atoms with Crippen molar-refractivity contribution in [2.45, 2.75) is 12.7 Å². The van der Waals surface area contributed by atoms with E-state index in [1.807, 2.05) is 0 Å². The predicted octanol–water partition coefficient (Wildman–Crippen LogP) is 3.67. The lowest BCUT2D eigenvalue weighted by Crippen LogP contribution is -2.34. The Balaban J connectivity index is 2.43. The number of aliphatic carboxylic acids is 1. The number of para-hydroxylation sites is 1. The number of carboxylic acids is 1. The standard InChI is InChI=1S/C12H9BrF3NO2/c13-9-6-17(10-4-2-1-3-7(9)10)5-8(11(18)19)12(14,15)16/h1-4,6,8H,5H2,(H,18,19). The van der Waals surface area contributed by atoms with Crippen LogP contribution in [0, 0.1) is 5.92 Å². The van der Waals surface area contributed by atoms with Crippen molar-refractivity contribution in [3.63, 3.8) is 0 Å². The summed E-state index contributed by atoms with van der Waals surface area (Å²) >= 11 is 3.25. The van der Waals surface area contributed by atoms with Crippen molar-refractivity contribution in [3.05, 3.63) is 34.9 Å². The van der Waals surface area contributed by atoms with Crippen LogP contribution in [0.1, 0.15) is 0 Å². The van der Waals surface area contributed by atoms with E-state index in [1.54, 1.807) is 24.3 Å². The first-order valence-corrected chi connectivity index (χ1v) is 6.13. The van der Waals surface area contributed by atoms with Crippen LogP contribution in [-0.2, 0) is 11.3 Å². The zero-order valence-electron chi connectivity index (χ0n) is 9.49. The van der Waals surface area contributed by atoms with E-state index in [4.69, 9.17) is 5.11 Å². The molecule has 1 atom stereocenters. The number of hydrogen-bond acceptors (Lipinski definition) is 1. The summed E-state index contributed by atoms with van der Waals surface area (Å²) in [7, 11) is 0. The van der Waals surface area contributed by atoms with Gasteiger partial charge in [-0.05, 0) is 22.0 Å². The molecule has 2 rings (SSSR count). The van der Waals surface area contributed by atoms with Gasteiger partial charge in [0.25, 0.3) is 0 Å². The number of benzene rings is 1. The average molecular weight is 336 g/mol. The summed E-state index contributed by atoms with van der Waals surface area (Å²) in [6.07, 6.45) is -3.31. The van der Waals surface area contributed by atoms with Gasteiger partial charge in [-0.25, -0.2) is 0 Å². The van der Waals surface area contributed by atoms with Gasteiger partial charge in [-0.15, -0.1) is 0 Å². The van der Waals surface area contributed by atoms with Gasteiger partial charge in [-0.1, -0.05) is 18.2 Å². The molecular weight excluding hydrogens is 327 g/mol. The highest BCUT2D eigenvalue weighted by atomic mass is 79.9. The Morgan fingerprint density at radius 1 is 1.37 bits per heavy atom. The van der Waals surface area contributed by atoms with Gasteiger partial charge in [0, 0.05) is 28.1 Å². The first-order valence-electron chi connectivity index (χ1n) is 5.33. The minimum atomic E-state index is -4.77. The van der Waals surface area contributed by atoms with Crippen molar-refractivity contribution in [2.24, 2.45) is 5.92 Å². The highest BCUT2D eigenvalue weighted by molar-refractivity contribution is 9.10. The number of alkyl halides is 3. The second-order valence-electron chi connectivity index (χ2n) is 4.08. The molecule has 0 bridgehead atoms. The minimum absolute atomic E-state index is 0.560. The molecule has 0 saturated carbocycles. The topological polar surface area (TPSA) is 42.2 Å². The van der Waals surface area contributed by atoms with Gasteiger partial charge in [-0.3, -0.25) is 4.79 Å². The van der Waals surface area contributed by atoms with Crippen LogP contribution in [0.5, 0.6) is 0 Å². The van der Waals surface area contributed by atoms with Crippen molar-refractivity contribution >= 4 is 32.8 Å². The van der Waals surface area contributed by atoms with Crippen LogP contribution in [0.2, 0.25) is 0 Å². The molecule has 1 unspecified atom stereocenters. The van der Waals surface area contributed by atoms with E-state index in [9.17, 15) is 18.0 Å². The zero-order chi connectivity index (χ0) is 14.2. The van der Waals surface area contributed by atoms with Crippen LogP contribution >= 0.6 is 15.9 Å². The molecule has 1 heterocycles. The maximum atomic E-state index is 12.7. The number of halogens is 4. The van der Waals surface area contributed by atoms with Crippen LogP contribution < -0.4 is 0 Å². The highest BCUT2D eigenvalue weighted by Gasteiger charge is 2.45. The van der Waals surface area contributed by atoms with Crippen LogP contribution in [0.3, 0.4) is 0 Å². The Labute approximate surface area is 114 Å². The predicted molar refractivity (Wildman–Crippen MR) is 66.8 cm³/mol. The fourth-order valence-corrected chi connectivity index (χ4v) is 2.45. The van der Waals surface area contributed by atoms with E-state index < -0.39 is 24.6 Å². The second-order valence-corrected chi connectivity index (χ2v) is 4.93. The first kappa shape index (κ1) is 13.9. The molecule has 3 nitrogen and oxygen atoms in total. The fourth-order valence-electron chi connectivity index (χ4n) is 1.87. The van der Waals surface area contributed by atoms with E-state index in [0.717, 1.165) is 5.39 Å². The molecule has 0 aliphatic carbocycles. The van der Waals surface area contributed by atoms with Gasteiger partial charge in [0.15, 0.2) is 5.92 Å². The molecule has 1 aromatic heterocycles. The Morgan fingerprint density at radius 2 is 2.00 bits per heavy atom. The van der Waals surface area contributed by atoms with Crippen molar-refractivity contribution in [2.75, 3.05) is 0 Å². The summed E-state index contributed by atoms with van der Waals surface area (Å²) in [5.41, 5.74) is 0.560. The SMILES string of the molecule is O=C(O)C(Cn1cc(Br)c2ccccc21)C(F)(F)F. The normalized spacial score (nSPS) is 13.7. The number of fused-ring (bicyclic) bond motifs is 1. The third-order valence-corrected chi connectivity index (χ3v) is 3.44. The van der Waals surface area contributed by atoms with Crippen molar-refractivity contribution < 1.29 is 23.1 Å². The maximum absolute atomic E-state index is 12.7. The van der Waals surface area contributed by atoms with E-state index in [1.165, 1.54) is 10.8 Å². The smallest absolute Gasteiger partial charge is 0.403 e. The molecule has 0 aliphatic rings. The quantitative estimate of drug-likeness (QED) is 0.929. The summed E-state index contributed by atoms with van der Waals surface area (Å²) < 4.78 is 39.9. The summed E-state index contributed by atoms with van der Waals surface area (Å²) in [4.78, 5) is 10.7. The molecule has 1 N–H and O–H groups in total. The summed E-state index contributed by atoms with van der Waals surface area (Å²) in [5.74, 6) is -4.29. The number of hydrogen-bond donors (Lipinski definition) is 1. The second kappa shape index (κ2) is 4.88. The van der Waals surface area contributed by atoms with Gasteiger partial charge in [0.05, 0.1) is 0 Å². The van der Waals surface area contributed by atoms with Gasteiger partial charge < -0.3 is 9.67 Å². The third-order valence-electron chi connectivity index (χ3n) is 2.81. The molecule has 0 saturated heterocycles. The molecule has 102 valence electrons. The van der Waals surface area contributed by atoms with E-state index in [-0.39, 0.29) is 0 Å². The largest absolute Gasteiger partial charge is 0.481 e. The summed E-state index contributed by atoms with van der Waals surface area (Å²) in [6, 6.07) is 6.85. The molecule has 1 aromatic carbocycles. The Hall–Kier alpha value is -1.50. The number of carboxylic acid groups (broad SMARTS) is 1. The molecule has 0 radical (unpaired) electrons. The number of nitrogens with zero attached hydrogens (tertiary/aromatic N) is 1. The maximum Gasteiger partial charge on any atom is 0.403 e. The van der Waals surface area contributed by atoms with Gasteiger partial charge >= 0.3 is 12.1 Å². The number of rotatable bonds is 3. The minimum Gasteiger partial charge on any atom is -0.481 e. The van der Waals surface area contributed by atoms with E-state index in [0.29, 0.717) is 9.99 Å². The third kappa shape index (κ3) is 2.75. The molecule has 7 heteroatoms. The lowest BCUT2D eigenvalue weighted by Gasteiger charge is -2.17. The average Bonchev–Trinajstić information content (AvgIpc) is 2.62. The Kier molecular flexibility index (Phi) is 3.58. The lowest BCUT2D eigenvalue weighted by atomic mass is 10.1. The fraction of sp³-hybridized carbons (Fsp3) is 0.250. The monoisotopic (exact) mass is 335 g/mol. The van der Waals surface area contributed by atoms with Crippen LogP contribution in [0.4, 0.5) is 13.2 Å². The molecule has 19 heavy (non-hydrogen) atoms. The van der Waals surface area contributed by atoms with Crippen molar-refractivity contribution in [3.8, 4) is 0 Å². The van der Waals surface area contributed by atoms with Crippen LogP contribution in [0.15, 0.2) is 34.9 Å². The summed E-state index contributed by atoms with van der Waals surface area (Å²) in [5, 5.41) is 9.45. The molecule has 0 amide bonds. The van der Waals surface area contributed by atoms with Crippen LogP contribution in [-0.4, -0.2) is 21.8 Å². The Morgan fingerprint density at radius 3 is 2.58 bits per heavy atom. The Bertz CT molecular complexity index is 621. The molecule has 0 spiro atoms. The number of carbonyl (C=O) groups is 1. The molecule has 0 fully saturated rings. The van der Waals surface area contributed by atoms with Gasteiger partial charge in [0.2, 0.25) is 0 Å². The number of aromatic nitrogens is 1. The summed E-state index contributed by atoms with van der Waals surface area (Å²) in [6.45, 7) is -0.648. The first-order chi connectivity index (χ1) is 8.80.